The molecule has 0 atom stereocenters. The first-order valence-electron chi connectivity index (χ1n) is 7.91. The molecule has 0 amide bonds. The summed E-state index contributed by atoms with van der Waals surface area (Å²) in [5, 5.41) is 3.40. The molecule has 0 unspecified atom stereocenters. The van der Waals surface area contributed by atoms with Crippen molar-refractivity contribution in [3.05, 3.63) is 34.8 Å². The summed E-state index contributed by atoms with van der Waals surface area (Å²) in [5.41, 5.74) is 2.66. The molecular formula is C17H28N2O2. The zero-order valence-corrected chi connectivity index (χ0v) is 13.6. The van der Waals surface area contributed by atoms with Crippen LogP contribution in [0.3, 0.4) is 0 Å². The molecule has 1 aromatic heterocycles. The minimum atomic E-state index is 0.765. The molecule has 118 valence electrons. The lowest BCUT2D eigenvalue weighted by molar-refractivity contribution is 0.206. The first kappa shape index (κ1) is 16.3. The van der Waals surface area contributed by atoms with Crippen LogP contribution in [0.5, 0.6) is 0 Å². The Morgan fingerprint density at radius 1 is 1.43 bits per heavy atom. The first-order valence-corrected chi connectivity index (χ1v) is 7.91. The van der Waals surface area contributed by atoms with Crippen LogP contribution in [0.2, 0.25) is 0 Å². The van der Waals surface area contributed by atoms with Gasteiger partial charge >= 0.3 is 0 Å². The van der Waals surface area contributed by atoms with Crippen molar-refractivity contribution in [2.45, 2.75) is 39.8 Å². The lowest BCUT2D eigenvalue weighted by atomic mass is 10.1. The van der Waals surface area contributed by atoms with E-state index in [1.165, 1.54) is 11.1 Å². The van der Waals surface area contributed by atoms with Crippen molar-refractivity contribution in [2.75, 3.05) is 33.4 Å². The Kier molecular flexibility index (Phi) is 6.49. The van der Waals surface area contributed by atoms with Gasteiger partial charge in [0.05, 0.1) is 19.7 Å². The van der Waals surface area contributed by atoms with Crippen molar-refractivity contribution in [2.24, 2.45) is 0 Å². The Morgan fingerprint density at radius 2 is 2.29 bits per heavy atom. The van der Waals surface area contributed by atoms with Gasteiger partial charge in [0.25, 0.3) is 0 Å². The molecule has 1 aliphatic rings. The van der Waals surface area contributed by atoms with E-state index >= 15 is 0 Å². The van der Waals surface area contributed by atoms with Gasteiger partial charge in [-0.15, -0.1) is 0 Å². The van der Waals surface area contributed by atoms with Gasteiger partial charge in [-0.1, -0.05) is 13.0 Å². The van der Waals surface area contributed by atoms with Gasteiger partial charge in [0.1, 0.15) is 11.5 Å². The third kappa shape index (κ3) is 4.99. The van der Waals surface area contributed by atoms with E-state index in [9.17, 15) is 0 Å². The smallest absolute Gasteiger partial charge is 0.120 e. The molecule has 0 aromatic carbocycles. The summed E-state index contributed by atoms with van der Waals surface area (Å²) in [4.78, 5) is 2.42. The van der Waals surface area contributed by atoms with E-state index in [2.05, 4.69) is 36.2 Å². The van der Waals surface area contributed by atoms with E-state index in [1.807, 2.05) is 0 Å². The Bertz CT molecular complexity index is 465. The van der Waals surface area contributed by atoms with Gasteiger partial charge in [0.15, 0.2) is 0 Å². The molecule has 1 N–H and O–H groups in total. The third-order valence-corrected chi connectivity index (χ3v) is 3.88. The molecule has 1 aromatic rings. The Labute approximate surface area is 128 Å². The second kappa shape index (κ2) is 8.37. The molecule has 4 nitrogen and oxygen atoms in total. The van der Waals surface area contributed by atoms with Crippen LogP contribution < -0.4 is 5.32 Å². The standard InChI is InChI=1S/C17H28N2O2/c1-4-7-18-11-17-14(2)10-16(21-17)12-19-8-5-15(6-9-19)13-20-3/h5,10,18H,4,6-9,11-13H2,1-3H3. The summed E-state index contributed by atoms with van der Waals surface area (Å²) < 4.78 is 11.2. The summed E-state index contributed by atoms with van der Waals surface area (Å²) in [6, 6.07) is 2.18. The minimum absolute atomic E-state index is 0.765. The zero-order valence-electron chi connectivity index (χ0n) is 13.6. The van der Waals surface area contributed by atoms with Gasteiger partial charge in [0, 0.05) is 20.2 Å². The number of nitrogens with zero attached hydrogens (tertiary/aromatic N) is 1. The predicted molar refractivity (Wildman–Crippen MR) is 85.3 cm³/mol. The third-order valence-electron chi connectivity index (χ3n) is 3.88. The van der Waals surface area contributed by atoms with Crippen LogP contribution >= 0.6 is 0 Å². The molecule has 1 aliphatic heterocycles. The number of furan rings is 1. The molecule has 0 saturated carbocycles. The van der Waals surface area contributed by atoms with E-state index in [0.29, 0.717) is 0 Å². The molecular weight excluding hydrogens is 264 g/mol. The molecule has 0 spiro atoms. The van der Waals surface area contributed by atoms with Crippen LogP contribution in [0.15, 0.2) is 22.1 Å². The highest BCUT2D eigenvalue weighted by atomic mass is 16.5. The van der Waals surface area contributed by atoms with E-state index in [1.54, 1.807) is 7.11 Å². The maximum absolute atomic E-state index is 5.99. The first-order chi connectivity index (χ1) is 10.2. The largest absolute Gasteiger partial charge is 0.463 e. The van der Waals surface area contributed by atoms with Crippen molar-refractivity contribution in [1.29, 1.82) is 0 Å². The SMILES string of the molecule is CCCNCc1oc(CN2CC=C(COC)CC2)cc1C. The van der Waals surface area contributed by atoms with Gasteiger partial charge in [-0.25, -0.2) is 0 Å². The van der Waals surface area contributed by atoms with E-state index < -0.39 is 0 Å². The zero-order chi connectivity index (χ0) is 15.1. The van der Waals surface area contributed by atoms with Gasteiger partial charge in [-0.2, -0.15) is 0 Å². The summed E-state index contributed by atoms with van der Waals surface area (Å²) in [5.74, 6) is 2.15. The van der Waals surface area contributed by atoms with E-state index in [-0.39, 0.29) is 0 Å². The van der Waals surface area contributed by atoms with Crippen LogP contribution in [0.25, 0.3) is 0 Å². The molecule has 0 aliphatic carbocycles. The van der Waals surface area contributed by atoms with Crippen molar-refractivity contribution < 1.29 is 9.15 Å². The highest BCUT2D eigenvalue weighted by molar-refractivity contribution is 5.20. The van der Waals surface area contributed by atoms with Gasteiger partial charge in [0.2, 0.25) is 0 Å². The van der Waals surface area contributed by atoms with E-state index in [4.69, 9.17) is 9.15 Å². The fourth-order valence-corrected chi connectivity index (χ4v) is 2.66. The summed E-state index contributed by atoms with van der Waals surface area (Å²) in [6.45, 7) is 9.90. The normalized spacial score (nSPS) is 16.2. The highest BCUT2D eigenvalue weighted by Gasteiger charge is 2.15. The Balaban J connectivity index is 1.85. The quantitative estimate of drug-likeness (QED) is 0.590. The van der Waals surface area contributed by atoms with Gasteiger partial charge < -0.3 is 14.5 Å². The van der Waals surface area contributed by atoms with Gasteiger partial charge in [-0.05, 0) is 43.5 Å². The number of hydrogen-bond acceptors (Lipinski definition) is 4. The molecule has 2 rings (SSSR count). The molecule has 2 heterocycles. The summed E-state index contributed by atoms with van der Waals surface area (Å²) >= 11 is 0. The second-order valence-electron chi connectivity index (χ2n) is 5.78. The number of hydrogen-bond donors (Lipinski definition) is 1. The highest BCUT2D eigenvalue weighted by Crippen LogP contribution is 2.19. The summed E-state index contributed by atoms with van der Waals surface area (Å²) in [6.07, 6.45) is 4.53. The minimum Gasteiger partial charge on any atom is -0.463 e. The lowest BCUT2D eigenvalue weighted by Gasteiger charge is -2.25. The van der Waals surface area contributed by atoms with Crippen LogP contribution in [0, 0.1) is 6.92 Å². The molecule has 0 radical (unpaired) electrons. The fourth-order valence-electron chi connectivity index (χ4n) is 2.66. The summed E-state index contributed by atoms with van der Waals surface area (Å²) in [7, 11) is 1.76. The fraction of sp³-hybridized carbons (Fsp3) is 0.647. The van der Waals surface area contributed by atoms with Crippen LogP contribution in [-0.4, -0.2) is 38.3 Å². The van der Waals surface area contributed by atoms with E-state index in [0.717, 1.165) is 63.7 Å². The van der Waals surface area contributed by atoms with Crippen LogP contribution in [0.4, 0.5) is 0 Å². The Morgan fingerprint density at radius 3 is 2.95 bits per heavy atom. The average molecular weight is 292 g/mol. The number of rotatable bonds is 8. The van der Waals surface area contributed by atoms with Crippen molar-refractivity contribution >= 4 is 0 Å². The number of nitrogens with one attached hydrogen (secondary N) is 1. The molecule has 4 heteroatoms. The lowest BCUT2D eigenvalue weighted by Crippen LogP contribution is -2.28. The average Bonchev–Trinajstić information content (AvgIpc) is 2.82. The molecule has 0 fully saturated rings. The molecule has 0 saturated heterocycles. The molecule has 0 bridgehead atoms. The van der Waals surface area contributed by atoms with Gasteiger partial charge in [-0.3, -0.25) is 4.90 Å². The number of ether oxygens (including phenoxy) is 1. The maximum Gasteiger partial charge on any atom is 0.120 e. The monoisotopic (exact) mass is 292 g/mol. The van der Waals surface area contributed by atoms with Crippen molar-refractivity contribution in [3.8, 4) is 0 Å². The number of aryl methyl sites for hydroxylation is 1. The topological polar surface area (TPSA) is 37.6 Å². The molecule has 21 heavy (non-hydrogen) atoms. The van der Waals surface area contributed by atoms with Crippen molar-refractivity contribution in [1.82, 2.24) is 10.2 Å². The maximum atomic E-state index is 5.99. The predicted octanol–water partition coefficient (Wildman–Crippen LogP) is 2.87. The second-order valence-corrected chi connectivity index (χ2v) is 5.78. The number of methoxy groups -OCH3 is 1. The Hall–Kier alpha value is -1.10. The van der Waals surface area contributed by atoms with Crippen molar-refractivity contribution in [3.63, 3.8) is 0 Å². The van der Waals surface area contributed by atoms with Crippen LogP contribution in [-0.2, 0) is 17.8 Å². The van der Waals surface area contributed by atoms with Crippen LogP contribution in [0.1, 0.15) is 36.8 Å².